The monoisotopic (exact) mass is 278 g/mol. The summed E-state index contributed by atoms with van der Waals surface area (Å²) in [5.74, 6) is 5.93. The van der Waals surface area contributed by atoms with Gasteiger partial charge in [-0.15, -0.1) is 0 Å². The molecule has 0 aliphatic heterocycles. The lowest BCUT2D eigenvalue weighted by Crippen LogP contribution is -2.10. The molecule has 0 radical (unpaired) electrons. The highest BCUT2D eigenvalue weighted by Gasteiger charge is 2.07. The van der Waals surface area contributed by atoms with Crippen LogP contribution in [0.5, 0.6) is 0 Å². The Morgan fingerprint density at radius 3 is 2.52 bits per heavy atom. The fraction of sp³-hybridized carbons (Fsp3) is 0. The molecule has 0 saturated heterocycles. The van der Waals surface area contributed by atoms with Crippen molar-refractivity contribution >= 4 is 23.0 Å². The van der Waals surface area contributed by atoms with Gasteiger partial charge in [-0.2, -0.15) is 5.10 Å². The van der Waals surface area contributed by atoms with Crippen LogP contribution < -0.4 is 11.6 Å². The summed E-state index contributed by atoms with van der Waals surface area (Å²) in [5, 5.41) is 11.9. The van der Waals surface area contributed by atoms with Crippen molar-refractivity contribution < 1.29 is 4.42 Å². The third-order valence-corrected chi connectivity index (χ3v) is 3.25. The van der Waals surface area contributed by atoms with E-state index in [9.17, 15) is 0 Å². The maximum absolute atomic E-state index is 7.47. The van der Waals surface area contributed by atoms with Crippen molar-refractivity contribution in [2.24, 2.45) is 16.7 Å². The largest absolute Gasteiger partial charge is 0.456 e. The second-order valence-corrected chi connectivity index (χ2v) is 4.68. The van der Waals surface area contributed by atoms with Gasteiger partial charge in [0.2, 0.25) is 0 Å². The number of nitrogens with one attached hydrogen (secondary N) is 1. The third kappa shape index (κ3) is 2.49. The maximum atomic E-state index is 7.47. The van der Waals surface area contributed by atoms with Crippen molar-refractivity contribution in [1.82, 2.24) is 0 Å². The summed E-state index contributed by atoms with van der Waals surface area (Å²) in [7, 11) is 0. The zero-order valence-corrected chi connectivity index (χ0v) is 11.2. The van der Waals surface area contributed by atoms with E-state index in [1.807, 2.05) is 42.5 Å². The van der Waals surface area contributed by atoms with Crippen LogP contribution in [0, 0.1) is 5.41 Å². The van der Waals surface area contributed by atoms with Crippen LogP contribution in [0.3, 0.4) is 0 Å². The SMILES string of the molecule is N=C(N)c1ccc2oc(-c3ccc(C=NN)cc3)cc2c1. The quantitative estimate of drug-likeness (QED) is 0.297. The Labute approximate surface area is 121 Å². The summed E-state index contributed by atoms with van der Waals surface area (Å²) in [4.78, 5) is 0. The van der Waals surface area contributed by atoms with Crippen LogP contribution in [-0.4, -0.2) is 12.1 Å². The Hall–Kier alpha value is -3.08. The van der Waals surface area contributed by atoms with Crippen molar-refractivity contribution in [3.05, 3.63) is 59.7 Å². The van der Waals surface area contributed by atoms with Crippen LogP contribution in [0.2, 0.25) is 0 Å². The molecule has 0 unspecified atom stereocenters. The van der Waals surface area contributed by atoms with Crippen LogP contribution in [0.15, 0.2) is 58.0 Å². The number of hydrazone groups is 1. The smallest absolute Gasteiger partial charge is 0.135 e. The molecule has 0 saturated carbocycles. The minimum atomic E-state index is 0.0464. The number of furan rings is 1. The topological polar surface area (TPSA) is 101 Å². The molecule has 5 heteroatoms. The molecule has 104 valence electrons. The van der Waals surface area contributed by atoms with Crippen molar-refractivity contribution in [3.8, 4) is 11.3 Å². The first kappa shape index (κ1) is 12.9. The van der Waals surface area contributed by atoms with E-state index in [1.54, 1.807) is 12.3 Å². The fourth-order valence-electron chi connectivity index (χ4n) is 2.17. The first-order valence-corrected chi connectivity index (χ1v) is 6.39. The molecule has 0 fully saturated rings. The number of amidine groups is 1. The van der Waals surface area contributed by atoms with Crippen molar-refractivity contribution in [2.75, 3.05) is 0 Å². The van der Waals surface area contributed by atoms with E-state index in [-0.39, 0.29) is 5.84 Å². The number of nitrogen functional groups attached to an aromatic ring is 1. The van der Waals surface area contributed by atoms with Gasteiger partial charge in [0.25, 0.3) is 0 Å². The zero-order chi connectivity index (χ0) is 14.8. The van der Waals surface area contributed by atoms with Gasteiger partial charge in [-0.1, -0.05) is 24.3 Å². The van der Waals surface area contributed by atoms with Gasteiger partial charge in [-0.25, -0.2) is 0 Å². The Balaban J connectivity index is 2.02. The predicted molar refractivity (Wildman–Crippen MR) is 84.4 cm³/mol. The molecule has 0 amide bonds. The van der Waals surface area contributed by atoms with E-state index in [0.29, 0.717) is 5.56 Å². The number of hydrogen-bond acceptors (Lipinski definition) is 4. The molecule has 0 spiro atoms. The molecule has 0 atom stereocenters. The van der Waals surface area contributed by atoms with Crippen molar-refractivity contribution in [3.63, 3.8) is 0 Å². The summed E-state index contributed by atoms with van der Waals surface area (Å²) >= 11 is 0. The maximum Gasteiger partial charge on any atom is 0.135 e. The molecule has 5 nitrogen and oxygen atoms in total. The normalized spacial score (nSPS) is 11.2. The first-order chi connectivity index (χ1) is 10.2. The highest BCUT2D eigenvalue weighted by Crippen LogP contribution is 2.28. The highest BCUT2D eigenvalue weighted by atomic mass is 16.3. The number of nitrogens with two attached hydrogens (primary N) is 2. The number of benzene rings is 2. The van der Waals surface area contributed by atoms with Crippen LogP contribution in [0.1, 0.15) is 11.1 Å². The molecular weight excluding hydrogens is 264 g/mol. The average molecular weight is 278 g/mol. The van der Waals surface area contributed by atoms with Crippen LogP contribution in [-0.2, 0) is 0 Å². The second-order valence-electron chi connectivity index (χ2n) is 4.68. The van der Waals surface area contributed by atoms with E-state index in [4.69, 9.17) is 21.4 Å². The number of fused-ring (bicyclic) bond motifs is 1. The molecule has 1 heterocycles. The Bertz CT molecular complexity index is 831. The minimum absolute atomic E-state index is 0.0464. The highest BCUT2D eigenvalue weighted by molar-refractivity contribution is 5.99. The Morgan fingerprint density at radius 2 is 1.86 bits per heavy atom. The standard InChI is InChI=1S/C16H14N4O/c17-16(18)12-5-6-14-13(7-12)8-15(21-14)11-3-1-10(2-4-11)9-20-19/h1-9H,19H2,(H3,17,18). The molecule has 0 bridgehead atoms. The van der Waals surface area contributed by atoms with Crippen molar-refractivity contribution in [2.45, 2.75) is 0 Å². The summed E-state index contributed by atoms with van der Waals surface area (Å²) < 4.78 is 5.82. The summed E-state index contributed by atoms with van der Waals surface area (Å²) in [5.41, 5.74) is 8.84. The van der Waals surface area contributed by atoms with E-state index >= 15 is 0 Å². The molecule has 3 aromatic rings. The lowest BCUT2D eigenvalue weighted by molar-refractivity contribution is 0.631. The zero-order valence-electron chi connectivity index (χ0n) is 11.2. The van der Waals surface area contributed by atoms with E-state index in [2.05, 4.69) is 5.10 Å². The van der Waals surface area contributed by atoms with E-state index in [0.717, 1.165) is 27.9 Å². The number of hydrogen-bond donors (Lipinski definition) is 3. The van der Waals surface area contributed by atoms with Gasteiger partial charge in [0.05, 0.1) is 6.21 Å². The molecular formula is C16H14N4O. The second kappa shape index (κ2) is 5.13. The van der Waals surface area contributed by atoms with Crippen molar-refractivity contribution in [1.29, 1.82) is 5.41 Å². The summed E-state index contributed by atoms with van der Waals surface area (Å²) in [6.07, 6.45) is 1.58. The summed E-state index contributed by atoms with van der Waals surface area (Å²) in [6.45, 7) is 0. The lowest BCUT2D eigenvalue weighted by Gasteiger charge is -1.97. The third-order valence-electron chi connectivity index (χ3n) is 3.25. The Kier molecular flexibility index (Phi) is 3.16. The average Bonchev–Trinajstić information content (AvgIpc) is 2.91. The first-order valence-electron chi connectivity index (χ1n) is 6.39. The molecule has 0 aliphatic rings. The van der Waals surface area contributed by atoms with Crippen LogP contribution in [0.4, 0.5) is 0 Å². The van der Waals surface area contributed by atoms with Gasteiger partial charge in [0.1, 0.15) is 17.2 Å². The molecule has 2 aromatic carbocycles. The number of nitrogens with zero attached hydrogens (tertiary/aromatic N) is 1. The molecule has 21 heavy (non-hydrogen) atoms. The van der Waals surface area contributed by atoms with Gasteiger partial charge >= 0.3 is 0 Å². The molecule has 3 rings (SSSR count). The van der Waals surface area contributed by atoms with E-state index in [1.165, 1.54) is 0 Å². The predicted octanol–water partition coefficient (Wildman–Crippen LogP) is 2.68. The van der Waals surface area contributed by atoms with Gasteiger partial charge in [0.15, 0.2) is 0 Å². The van der Waals surface area contributed by atoms with Crippen LogP contribution >= 0.6 is 0 Å². The van der Waals surface area contributed by atoms with E-state index < -0.39 is 0 Å². The lowest BCUT2D eigenvalue weighted by atomic mass is 10.1. The molecule has 1 aromatic heterocycles. The molecule has 5 N–H and O–H groups in total. The fourth-order valence-corrected chi connectivity index (χ4v) is 2.17. The summed E-state index contributed by atoms with van der Waals surface area (Å²) in [6, 6.07) is 15.1. The minimum Gasteiger partial charge on any atom is -0.456 e. The van der Waals surface area contributed by atoms with Gasteiger partial charge in [-0.05, 0) is 29.8 Å². The van der Waals surface area contributed by atoms with Crippen LogP contribution in [0.25, 0.3) is 22.3 Å². The Morgan fingerprint density at radius 1 is 1.10 bits per heavy atom. The van der Waals surface area contributed by atoms with Gasteiger partial charge in [-0.3, -0.25) is 5.41 Å². The van der Waals surface area contributed by atoms with Gasteiger partial charge < -0.3 is 16.0 Å². The molecule has 0 aliphatic carbocycles. The number of rotatable bonds is 3. The van der Waals surface area contributed by atoms with Gasteiger partial charge in [0, 0.05) is 16.5 Å².